The van der Waals surface area contributed by atoms with E-state index in [-0.39, 0.29) is 6.79 Å². The number of ether oxygens (including phenoxy) is 2. The number of nitrogens with zero attached hydrogens (tertiary/aromatic N) is 2. The van der Waals surface area contributed by atoms with Crippen LogP contribution in [0.4, 0.5) is 5.13 Å². The average Bonchev–Trinajstić information content (AvgIpc) is 3.22. The molecule has 0 atom stereocenters. The van der Waals surface area contributed by atoms with E-state index in [1.165, 1.54) is 11.3 Å². The molecule has 0 unspecified atom stereocenters. The number of hydrogen-bond donors (Lipinski definition) is 0. The molecule has 0 spiro atoms. The normalized spacial score (nSPS) is 12.9. The molecule has 0 bridgehead atoms. The molecule has 2 aromatic carbocycles. The van der Waals surface area contributed by atoms with Crippen LogP contribution >= 0.6 is 22.9 Å². The predicted molar refractivity (Wildman–Crippen MR) is 92.4 cm³/mol. The van der Waals surface area contributed by atoms with Gasteiger partial charge in [0.2, 0.25) is 11.9 Å². The van der Waals surface area contributed by atoms with Gasteiger partial charge >= 0.3 is 0 Å². The molecule has 114 valence electrons. The maximum atomic E-state index is 5.90. The first-order valence-corrected chi connectivity index (χ1v) is 8.19. The van der Waals surface area contributed by atoms with Crippen molar-refractivity contribution in [2.45, 2.75) is 0 Å². The molecule has 23 heavy (non-hydrogen) atoms. The van der Waals surface area contributed by atoms with Gasteiger partial charge in [0.05, 0.1) is 5.69 Å². The Kier molecular flexibility index (Phi) is 3.73. The fourth-order valence-electron chi connectivity index (χ4n) is 2.20. The summed E-state index contributed by atoms with van der Waals surface area (Å²) in [6.45, 7) is 0.271. The maximum absolute atomic E-state index is 5.90. The highest BCUT2D eigenvalue weighted by atomic mass is 35.5. The van der Waals surface area contributed by atoms with Crippen molar-refractivity contribution in [1.82, 2.24) is 4.98 Å². The molecule has 6 heteroatoms. The number of aliphatic imine (C=N–C) groups is 1. The lowest BCUT2D eigenvalue weighted by molar-refractivity contribution is 0.174. The van der Waals surface area contributed by atoms with Crippen molar-refractivity contribution in [3.8, 4) is 22.8 Å². The minimum atomic E-state index is 0.271. The largest absolute Gasteiger partial charge is 0.454 e. The molecule has 1 aliphatic heterocycles. The summed E-state index contributed by atoms with van der Waals surface area (Å²) in [5.41, 5.74) is 2.86. The second kappa shape index (κ2) is 6.02. The fourth-order valence-corrected chi connectivity index (χ4v) is 3.00. The van der Waals surface area contributed by atoms with Crippen LogP contribution in [-0.2, 0) is 0 Å². The summed E-state index contributed by atoms with van der Waals surface area (Å²) >= 11 is 7.40. The molecule has 1 aliphatic rings. The van der Waals surface area contributed by atoms with Crippen LogP contribution in [-0.4, -0.2) is 18.0 Å². The Balaban J connectivity index is 1.54. The molecule has 0 radical (unpaired) electrons. The van der Waals surface area contributed by atoms with Crippen molar-refractivity contribution in [1.29, 1.82) is 0 Å². The number of benzene rings is 2. The van der Waals surface area contributed by atoms with Gasteiger partial charge in [-0.25, -0.2) is 9.98 Å². The quantitative estimate of drug-likeness (QED) is 0.633. The predicted octanol–water partition coefficient (Wildman–Crippen LogP) is 4.94. The van der Waals surface area contributed by atoms with E-state index >= 15 is 0 Å². The van der Waals surface area contributed by atoms with Crippen molar-refractivity contribution in [2.75, 3.05) is 6.79 Å². The van der Waals surface area contributed by atoms with Gasteiger partial charge < -0.3 is 9.47 Å². The van der Waals surface area contributed by atoms with Crippen LogP contribution in [0.15, 0.2) is 52.8 Å². The first kappa shape index (κ1) is 14.2. The minimum absolute atomic E-state index is 0.271. The van der Waals surface area contributed by atoms with Crippen LogP contribution in [0.3, 0.4) is 0 Å². The molecule has 3 aromatic rings. The molecule has 2 heterocycles. The van der Waals surface area contributed by atoms with E-state index in [4.69, 9.17) is 21.1 Å². The third-order valence-electron chi connectivity index (χ3n) is 3.35. The highest BCUT2D eigenvalue weighted by Crippen LogP contribution is 2.32. The zero-order valence-electron chi connectivity index (χ0n) is 11.9. The molecule has 0 saturated heterocycles. The molecule has 0 saturated carbocycles. The van der Waals surface area contributed by atoms with Gasteiger partial charge in [-0.05, 0) is 35.9 Å². The summed E-state index contributed by atoms with van der Waals surface area (Å²) in [6, 6.07) is 13.3. The van der Waals surface area contributed by atoms with Gasteiger partial charge in [-0.15, -0.1) is 11.3 Å². The molecule has 0 fully saturated rings. The van der Waals surface area contributed by atoms with Crippen molar-refractivity contribution in [3.63, 3.8) is 0 Å². The topological polar surface area (TPSA) is 43.7 Å². The average molecular weight is 343 g/mol. The van der Waals surface area contributed by atoms with Crippen LogP contribution in [0.5, 0.6) is 11.5 Å². The molecule has 1 aromatic heterocycles. The third kappa shape index (κ3) is 3.06. The molecule has 0 N–H and O–H groups in total. The van der Waals surface area contributed by atoms with Crippen LogP contribution in [0.2, 0.25) is 5.02 Å². The maximum Gasteiger partial charge on any atom is 0.231 e. The number of thiazole rings is 1. The first-order chi connectivity index (χ1) is 11.3. The summed E-state index contributed by atoms with van der Waals surface area (Å²) in [5, 5.41) is 3.40. The minimum Gasteiger partial charge on any atom is -0.454 e. The molecular weight excluding hydrogens is 332 g/mol. The summed E-state index contributed by atoms with van der Waals surface area (Å²) in [4.78, 5) is 8.94. The van der Waals surface area contributed by atoms with E-state index in [1.807, 2.05) is 47.8 Å². The Labute approximate surface area is 142 Å². The number of aromatic nitrogens is 1. The Morgan fingerprint density at radius 3 is 2.78 bits per heavy atom. The number of fused-ring (bicyclic) bond motifs is 1. The summed E-state index contributed by atoms with van der Waals surface area (Å²) in [7, 11) is 0. The SMILES string of the molecule is Clc1ccc(-c2csc(N=Cc3ccc4c(c3)OCO4)n2)cc1. The van der Waals surface area contributed by atoms with E-state index in [9.17, 15) is 0 Å². The number of rotatable bonds is 3. The van der Waals surface area contributed by atoms with E-state index in [0.717, 1.165) is 28.3 Å². The second-order valence-electron chi connectivity index (χ2n) is 4.89. The van der Waals surface area contributed by atoms with Crippen LogP contribution in [0.1, 0.15) is 5.56 Å². The van der Waals surface area contributed by atoms with Gasteiger partial charge in [-0.1, -0.05) is 23.7 Å². The standard InChI is InChI=1S/C17H11ClN2O2S/c18-13-4-2-12(3-5-13)14-9-23-17(20-14)19-8-11-1-6-15-16(7-11)22-10-21-15/h1-9H,10H2. The van der Waals surface area contributed by atoms with Gasteiger partial charge in [0, 0.05) is 22.2 Å². The van der Waals surface area contributed by atoms with Crippen molar-refractivity contribution >= 4 is 34.3 Å². The van der Waals surface area contributed by atoms with Crippen molar-refractivity contribution in [2.24, 2.45) is 4.99 Å². The zero-order valence-corrected chi connectivity index (χ0v) is 13.5. The Morgan fingerprint density at radius 1 is 1.09 bits per heavy atom. The monoisotopic (exact) mass is 342 g/mol. The van der Waals surface area contributed by atoms with Crippen LogP contribution in [0.25, 0.3) is 11.3 Å². The van der Waals surface area contributed by atoms with Crippen molar-refractivity contribution < 1.29 is 9.47 Å². The Morgan fingerprint density at radius 2 is 1.91 bits per heavy atom. The summed E-state index contributed by atoms with van der Waals surface area (Å²) in [6.07, 6.45) is 1.77. The lowest BCUT2D eigenvalue weighted by atomic mass is 10.2. The molecule has 4 rings (SSSR count). The summed E-state index contributed by atoms with van der Waals surface area (Å²) < 4.78 is 10.6. The van der Waals surface area contributed by atoms with Crippen LogP contribution in [0, 0.1) is 0 Å². The van der Waals surface area contributed by atoms with Gasteiger partial charge in [0.15, 0.2) is 11.5 Å². The molecule has 0 amide bonds. The van der Waals surface area contributed by atoms with Gasteiger partial charge in [-0.3, -0.25) is 0 Å². The summed E-state index contributed by atoms with van der Waals surface area (Å²) in [5.74, 6) is 1.51. The smallest absolute Gasteiger partial charge is 0.231 e. The first-order valence-electron chi connectivity index (χ1n) is 6.93. The lowest BCUT2D eigenvalue weighted by Gasteiger charge is -1.97. The highest BCUT2D eigenvalue weighted by Gasteiger charge is 2.12. The van der Waals surface area contributed by atoms with E-state index in [2.05, 4.69) is 9.98 Å². The molecule has 0 aliphatic carbocycles. The Hall–Kier alpha value is -2.37. The van der Waals surface area contributed by atoms with Crippen LogP contribution < -0.4 is 9.47 Å². The second-order valence-corrected chi connectivity index (χ2v) is 6.17. The van der Waals surface area contributed by atoms with Gasteiger partial charge in [-0.2, -0.15) is 0 Å². The Bertz CT molecular complexity index is 875. The van der Waals surface area contributed by atoms with E-state index in [0.29, 0.717) is 10.2 Å². The number of hydrogen-bond acceptors (Lipinski definition) is 5. The lowest BCUT2D eigenvalue weighted by Crippen LogP contribution is -1.92. The molecular formula is C17H11ClN2O2S. The van der Waals surface area contributed by atoms with Gasteiger partial charge in [0.1, 0.15) is 0 Å². The van der Waals surface area contributed by atoms with E-state index in [1.54, 1.807) is 6.21 Å². The zero-order chi connectivity index (χ0) is 15.6. The third-order valence-corrected chi connectivity index (χ3v) is 4.35. The fraction of sp³-hybridized carbons (Fsp3) is 0.0588. The van der Waals surface area contributed by atoms with Gasteiger partial charge in [0.25, 0.3) is 0 Å². The van der Waals surface area contributed by atoms with Crippen molar-refractivity contribution in [3.05, 3.63) is 58.4 Å². The number of halogens is 1. The highest BCUT2D eigenvalue weighted by molar-refractivity contribution is 7.13. The van der Waals surface area contributed by atoms with E-state index < -0.39 is 0 Å². The molecule has 4 nitrogen and oxygen atoms in total.